The van der Waals surface area contributed by atoms with E-state index in [0.717, 1.165) is 0 Å². The highest BCUT2D eigenvalue weighted by Crippen LogP contribution is 2.24. The summed E-state index contributed by atoms with van der Waals surface area (Å²) in [6, 6.07) is 12.3. The second-order valence-electron chi connectivity index (χ2n) is 5.60. The molecule has 0 aliphatic carbocycles. The number of methoxy groups -OCH3 is 1. The van der Waals surface area contributed by atoms with Gasteiger partial charge in [0.2, 0.25) is 5.88 Å². The molecule has 1 aliphatic rings. The summed E-state index contributed by atoms with van der Waals surface area (Å²) < 4.78 is 11.0. The first-order valence-corrected chi connectivity index (χ1v) is 7.91. The number of nitrogens with one attached hydrogen (secondary N) is 1. The molecule has 1 atom stereocenters. The van der Waals surface area contributed by atoms with Gasteiger partial charge < -0.3 is 19.7 Å². The van der Waals surface area contributed by atoms with Gasteiger partial charge >= 0.3 is 6.03 Å². The second kappa shape index (κ2) is 7.53. The average Bonchev–Trinajstić information content (AvgIpc) is 3.11. The number of benzene rings is 1. The normalized spacial score (nSPS) is 16.2. The van der Waals surface area contributed by atoms with Crippen LogP contribution in [0.4, 0.5) is 10.5 Å². The highest BCUT2D eigenvalue weighted by Gasteiger charge is 2.28. The number of para-hydroxylation sites is 2. The Bertz CT molecular complexity index is 803. The number of amides is 2. The Hall–Kier alpha value is -3.27. The lowest BCUT2D eigenvalue weighted by Crippen LogP contribution is -2.34. The van der Waals surface area contributed by atoms with Crippen LogP contribution in [0.15, 0.2) is 42.6 Å². The molecule has 7 heteroatoms. The minimum atomic E-state index is -0.200. The summed E-state index contributed by atoms with van der Waals surface area (Å²) in [7, 11) is 1.56. The maximum Gasteiger partial charge on any atom is 0.322 e. The summed E-state index contributed by atoms with van der Waals surface area (Å²) in [6.07, 6.45) is 2.09. The number of hydrogen-bond donors (Lipinski definition) is 1. The molecule has 2 amide bonds. The lowest BCUT2D eigenvalue weighted by atomic mass is 10.3. The van der Waals surface area contributed by atoms with E-state index in [4.69, 9.17) is 14.7 Å². The summed E-state index contributed by atoms with van der Waals surface area (Å²) in [6.45, 7) is 1.04. The fourth-order valence-electron chi connectivity index (χ4n) is 2.67. The van der Waals surface area contributed by atoms with Crippen LogP contribution in [-0.4, -0.2) is 42.2 Å². The molecule has 1 aromatic carbocycles. The van der Waals surface area contributed by atoms with Gasteiger partial charge in [-0.05, 0) is 18.2 Å². The Labute approximate surface area is 145 Å². The largest absolute Gasteiger partial charge is 0.495 e. The van der Waals surface area contributed by atoms with E-state index in [2.05, 4.69) is 16.4 Å². The van der Waals surface area contributed by atoms with Crippen molar-refractivity contribution in [2.45, 2.75) is 12.5 Å². The first-order chi connectivity index (χ1) is 12.2. The van der Waals surface area contributed by atoms with E-state index in [1.807, 2.05) is 12.1 Å². The van der Waals surface area contributed by atoms with Crippen molar-refractivity contribution in [1.82, 2.24) is 9.88 Å². The number of anilines is 1. The van der Waals surface area contributed by atoms with Gasteiger partial charge in [-0.3, -0.25) is 0 Å². The SMILES string of the molecule is COc1ccccc1NC(=O)N1CCC(Oc2cc(C#N)ccn2)C1. The first-order valence-electron chi connectivity index (χ1n) is 7.91. The van der Waals surface area contributed by atoms with Gasteiger partial charge in [0.25, 0.3) is 0 Å². The number of ether oxygens (including phenoxy) is 2. The van der Waals surface area contributed by atoms with Crippen molar-refractivity contribution in [1.29, 1.82) is 5.26 Å². The molecule has 1 N–H and O–H groups in total. The fourth-order valence-corrected chi connectivity index (χ4v) is 2.67. The third kappa shape index (κ3) is 3.98. The number of likely N-dealkylation sites (tertiary alicyclic amines) is 1. The van der Waals surface area contributed by atoms with Crippen molar-refractivity contribution < 1.29 is 14.3 Å². The molecule has 0 bridgehead atoms. The third-order valence-corrected chi connectivity index (χ3v) is 3.93. The standard InChI is InChI=1S/C18H18N4O3/c1-24-16-5-3-2-4-15(16)21-18(23)22-9-7-14(12-22)25-17-10-13(11-19)6-8-20-17/h2-6,8,10,14H,7,9,12H2,1H3,(H,21,23). The lowest BCUT2D eigenvalue weighted by molar-refractivity contribution is 0.190. The van der Waals surface area contributed by atoms with E-state index in [0.29, 0.717) is 42.4 Å². The molecule has 0 spiro atoms. The van der Waals surface area contributed by atoms with Gasteiger partial charge in [-0.2, -0.15) is 5.26 Å². The minimum absolute atomic E-state index is 0.148. The van der Waals surface area contributed by atoms with Crippen LogP contribution in [0.1, 0.15) is 12.0 Å². The van der Waals surface area contributed by atoms with Crippen LogP contribution in [0.3, 0.4) is 0 Å². The van der Waals surface area contributed by atoms with Crippen LogP contribution >= 0.6 is 0 Å². The van der Waals surface area contributed by atoms with E-state index >= 15 is 0 Å². The van der Waals surface area contributed by atoms with E-state index in [-0.39, 0.29) is 12.1 Å². The Morgan fingerprint density at radius 2 is 2.24 bits per heavy atom. The van der Waals surface area contributed by atoms with Crippen molar-refractivity contribution in [2.24, 2.45) is 0 Å². The van der Waals surface area contributed by atoms with Crippen molar-refractivity contribution in [2.75, 3.05) is 25.5 Å². The number of rotatable bonds is 4. The van der Waals surface area contributed by atoms with Gasteiger partial charge in [-0.15, -0.1) is 0 Å². The molecule has 1 saturated heterocycles. The van der Waals surface area contributed by atoms with Crippen LogP contribution in [0.25, 0.3) is 0 Å². The molecular formula is C18H18N4O3. The predicted molar refractivity (Wildman–Crippen MR) is 91.6 cm³/mol. The zero-order valence-corrected chi connectivity index (χ0v) is 13.8. The van der Waals surface area contributed by atoms with Gasteiger partial charge in [0.15, 0.2) is 0 Å². The highest BCUT2D eigenvalue weighted by atomic mass is 16.5. The van der Waals surface area contributed by atoms with Gasteiger partial charge in [-0.1, -0.05) is 12.1 Å². The van der Waals surface area contributed by atoms with Crippen molar-refractivity contribution in [3.8, 4) is 17.7 Å². The van der Waals surface area contributed by atoms with Crippen LogP contribution in [0, 0.1) is 11.3 Å². The molecule has 1 aliphatic heterocycles. The number of carbonyl (C=O) groups is 1. The van der Waals surface area contributed by atoms with E-state index in [1.54, 1.807) is 36.3 Å². The van der Waals surface area contributed by atoms with Gasteiger partial charge in [0.1, 0.15) is 11.9 Å². The summed E-state index contributed by atoms with van der Waals surface area (Å²) in [5, 5.41) is 11.8. The summed E-state index contributed by atoms with van der Waals surface area (Å²) >= 11 is 0. The number of hydrogen-bond acceptors (Lipinski definition) is 5. The maximum absolute atomic E-state index is 12.4. The first kappa shape index (κ1) is 16.6. The van der Waals surface area contributed by atoms with Crippen molar-refractivity contribution >= 4 is 11.7 Å². The molecule has 1 unspecified atom stereocenters. The third-order valence-electron chi connectivity index (χ3n) is 3.93. The molecule has 128 valence electrons. The Morgan fingerprint density at radius 3 is 3.04 bits per heavy atom. The number of nitrogens with zero attached hydrogens (tertiary/aromatic N) is 3. The monoisotopic (exact) mass is 338 g/mol. The summed E-state index contributed by atoms with van der Waals surface area (Å²) in [5.74, 6) is 1.01. The summed E-state index contributed by atoms with van der Waals surface area (Å²) in [4.78, 5) is 18.2. The van der Waals surface area contributed by atoms with E-state index in [9.17, 15) is 4.79 Å². The fraction of sp³-hybridized carbons (Fsp3) is 0.278. The maximum atomic E-state index is 12.4. The minimum Gasteiger partial charge on any atom is -0.495 e. The number of nitriles is 1. The van der Waals surface area contributed by atoms with Crippen LogP contribution in [0.2, 0.25) is 0 Å². The zero-order chi connectivity index (χ0) is 17.6. The van der Waals surface area contributed by atoms with Gasteiger partial charge in [0.05, 0.1) is 31.0 Å². The van der Waals surface area contributed by atoms with Gasteiger partial charge in [-0.25, -0.2) is 9.78 Å². The number of pyridine rings is 1. The van der Waals surface area contributed by atoms with Crippen molar-refractivity contribution in [3.63, 3.8) is 0 Å². The number of urea groups is 1. The molecule has 3 rings (SSSR count). The Morgan fingerprint density at radius 1 is 1.40 bits per heavy atom. The molecule has 25 heavy (non-hydrogen) atoms. The molecule has 2 aromatic rings. The molecule has 2 heterocycles. The molecule has 0 radical (unpaired) electrons. The lowest BCUT2D eigenvalue weighted by Gasteiger charge is -2.18. The molecule has 0 saturated carbocycles. The Kier molecular flexibility index (Phi) is 5.00. The van der Waals surface area contributed by atoms with Crippen LogP contribution in [0.5, 0.6) is 11.6 Å². The molecule has 7 nitrogen and oxygen atoms in total. The van der Waals surface area contributed by atoms with Crippen LogP contribution in [-0.2, 0) is 0 Å². The van der Waals surface area contributed by atoms with E-state index in [1.165, 1.54) is 6.20 Å². The van der Waals surface area contributed by atoms with Gasteiger partial charge in [0, 0.05) is 25.2 Å². The summed E-state index contributed by atoms with van der Waals surface area (Å²) in [5.41, 5.74) is 1.12. The smallest absolute Gasteiger partial charge is 0.322 e. The predicted octanol–water partition coefficient (Wildman–Crippen LogP) is 2.65. The zero-order valence-electron chi connectivity index (χ0n) is 13.8. The average molecular weight is 338 g/mol. The molecule has 1 fully saturated rings. The topological polar surface area (TPSA) is 87.5 Å². The van der Waals surface area contributed by atoms with Crippen LogP contribution < -0.4 is 14.8 Å². The quantitative estimate of drug-likeness (QED) is 0.926. The Balaban J connectivity index is 1.58. The number of carbonyl (C=O) groups excluding carboxylic acids is 1. The molecule has 1 aromatic heterocycles. The van der Waals surface area contributed by atoms with E-state index < -0.39 is 0 Å². The highest BCUT2D eigenvalue weighted by molar-refractivity contribution is 5.91. The second-order valence-corrected chi connectivity index (χ2v) is 5.60. The number of aromatic nitrogens is 1. The van der Waals surface area contributed by atoms with Crippen molar-refractivity contribution in [3.05, 3.63) is 48.2 Å². The molecular weight excluding hydrogens is 320 g/mol.